The molecule has 2 aromatic carbocycles. The van der Waals surface area contributed by atoms with Crippen molar-refractivity contribution in [2.24, 2.45) is 5.92 Å². The highest BCUT2D eigenvalue weighted by atomic mass is 19.1. The number of Topliss-reactive ketones (excluding diaryl/α,β-unsaturated/α-hetero) is 1. The summed E-state index contributed by atoms with van der Waals surface area (Å²) in [5.41, 5.74) is 2.27. The number of halogens is 1. The Morgan fingerprint density at radius 1 is 1.00 bits per heavy atom. The van der Waals surface area contributed by atoms with E-state index in [0.717, 1.165) is 68.8 Å². The van der Waals surface area contributed by atoms with Gasteiger partial charge >= 0.3 is 0 Å². The molecule has 1 aliphatic rings. The van der Waals surface area contributed by atoms with Crippen LogP contribution in [0.5, 0.6) is 11.5 Å². The fourth-order valence-corrected chi connectivity index (χ4v) is 5.52. The molecule has 0 aromatic heterocycles. The number of unbranched alkanes of at least 4 members (excludes halogenated alkanes) is 4. The van der Waals surface area contributed by atoms with Gasteiger partial charge in [-0.15, -0.1) is 0 Å². The number of carbonyl (C=O) groups excluding carboxylic acids is 1. The molecule has 0 unspecified atom stereocenters. The Labute approximate surface area is 217 Å². The number of piperidine rings is 1. The first-order valence-electron chi connectivity index (χ1n) is 13.7. The van der Waals surface area contributed by atoms with E-state index >= 15 is 0 Å². The quantitative estimate of drug-likeness (QED) is 0.244. The number of carbonyl (C=O) groups is 1. The maximum Gasteiger partial charge on any atom is 0.164 e. The second kappa shape index (κ2) is 15.0. The molecule has 0 amide bonds. The monoisotopic (exact) mass is 497 g/mol. The molecule has 1 heterocycles. The van der Waals surface area contributed by atoms with Gasteiger partial charge in [-0.1, -0.05) is 56.9 Å². The third kappa shape index (κ3) is 8.33. The van der Waals surface area contributed by atoms with E-state index in [1.807, 2.05) is 24.3 Å². The molecule has 0 aliphatic carbocycles. The van der Waals surface area contributed by atoms with E-state index in [0.29, 0.717) is 24.5 Å². The molecule has 0 N–H and O–H groups in total. The Morgan fingerprint density at radius 2 is 1.72 bits per heavy atom. The third-order valence-corrected chi connectivity index (χ3v) is 7.67. The molecule has 1 aliphatic heterocycles. The molecule has 36 heavy (non-hydrogen) atoms. The van der Waals surface area contributed by atoms with Gasteiger partial charge in [0.25, 0.3) is 0 Å². The summed E-state index contributed by atoms with van der Waals surface area (Å²) in [5.74, 6) is 2.23. The van der Waals surface area contributed by atoms with Gasteiger partial charge in [0.2, 0.25) is 0 Å². The highest BCUT2D eigenvalue weighted by Crippen LogP contribution is 2.43. The summed E-state index contributed by atoms with van der Waals surface area (Å²) in [5, 5.41) is 0. The van der Waals surface area contributed by atoms with Gasteiger partial charge in [-0.05, 0) is 74.4 Å². The Balaban J connectivity index is 1.64. The van der Waals surface area contributed by atoms with E-state index in [-0.39, 0.29) is 11.7 Å². The molecule has 3 rings (SSSR count). The smallest absolute Gasteiger partial charge is 0.164 e. The van der Waals surface area contributed by atoms with Gasteiger partial charge in [-0.25, -0.2) is 4.39 Å². The van der Waals surface area contributed by atoms with E-state index in [1.165, 1.54) is 37.0 Å². The van der Waals surface area contributed by atoms with Crippen molar-refractivity contribution in [2.75, 3.05) is 33.9 Å². The lowest BCUT2D eigenvalue weighted by atomic mass is 9.76. The molecule has 1 atom stereocenters. The van der Waals surface area contributed by atoms with E-state index in [4.69, 9.17) is 9.47 Å². The summed E-state index contributed by atoms with van der Waals surface area (Å²) >= 11 is 0. The van der Waals surface area contributed by atoms with Crippen LogP contribution in [0.3, 0.4) is 0 Å². The molecule has 1 saturated heterocycles. The normalized spacial score (nSPS) is 15.6. The minimum atomic E-state index is -0.186. The van der Waals surface area contributed by atoms with Gasteiger partial charge in [0.15, 0.2) is 11.5 Å². The predicted octanol–water partition coefficient (Wildman–Crippen LogP) is 7.20. The summed E-state index contributed by atoms with van der Waals surface area (Å²) in [6.45, 7) is 5.22. The Kier molecular flexibility index (Phi) is 11.7. The van der Waals surface area contributed by atoms with E-state index in [1.54, 1.807) is 14.2 Å². The minimum Gasteiger partial charge on any atom is -0.493 e. The summed E-state index contributed by atoms with van der Waals surface area (Å²) in [6, 6.07) is 12.9. The molecular weight excluding hydrogens is 453 g/mol. The number of likely N-dealkylation sites (tertiary alicyclic amines) is 1. The van der Waals surface area contributed by atoms with Crippen molar-refractivity contribution in [1.82, 2.24) is 4.90 Å². The van der Waals surface area contributed by atoms with Crippen LogP contribution in [0.4, 0.5) is 4.39 Å². The average Bonchev–Trinajstić information content (AvgIpc) is 2.91. The van der Waals surface area contributed by atoms with E-state index in [9.17, 15) is 9.18 Å². The van der Waals surface area contributed by atoms with Crippen molar-refractivity contribution in [1.29, 1.82) is 0 Å². The number of nitrogens with zero attached hydrogens (tertiary/aromatic N) is 1. The van der Waals surface area contributed by atoms with Crippen LogP contribution in [-0.2, 0) is 11.2 Å². The van der Waals surface area contributed by atoms with Crippen molar-refractivity contribution in [3.05, 3.63) is 59.4 Å². The molecule has 5 heteroatoms. The van der Waals surface area contributed by atoms with Crippen molar-refractivity contribution >= 4 is 5.78 Å². The van der Waals surface area contributed by atoms with Crippen molar-refractivity contribution in [3.8, 4) is 11.5 Å². The van der Waals surface area contributed by atoms with Crippen molar-refractivity contribution < 1.29 is 18.7 Å². The first-order chi connectivity index (χ1) is 17.5. The van der Waals surface area contributed by atoms with Crippen LogP contribution in [0.25, 0.3) is 0 Å². The van der Waals surface area contributed by atoms with Crippen LogP contribution in [-0.4, -0.2) is 44.5 Å². The molecule has 0 bridgehead atoms. The van der Waals surface area contributed by atoms with Crippen molar-refractivity contribution in [3.63, 3.8) is 0 Å². The zero-order chi connectivity index (χ0) is 25.8. The standard InChI is InChI=1S/C31H44FNO3/c1-4-5-6-7-8-10-27(34)23-29(28-11-9-12-30(35-2)31(28)36-3)25-18-21-33(22-19-25)20-17-24-13-15-26(32)16-14-24/h9,11-16,25,29H,4-8,10,17-23H2,1-3H3/t29-/m1/s1. The lowest BCUT2D eigenvalue weighted by Crippen LogP contribution is -2.37. The minimum absolute atomic E-state index is 0.137. The summed E-state index contributed by atoms with van der Waals surface area (Å²) in [6.07, 6.45) is 10.1. The zero-order valence-electron chi connectivity index (χ0n) is 22.4. The first kappa shape index (κ1) is 28.2. The summed E-state index contributed by atoms with van der Waals surface area (Å²) < 4.78 is 24.6. The molecule has 1 fully saturated rings. The maximum absolute atomic E-state index is 13.2. The third-order valence-electron chi connectivity index (χ3n) is 7.67. The molecule has 198 valence electrons. The highest BCUT2D eigenvalue weighted by Gasteiger charge is 2.31. The van der Waals surface area contributed by atoms with Crippen LogP contribution in [0.15, 0.2) is 42.5 Å². The SMILES string of the molecule is CCCCCCCC(=O)C[C@@H](c1cccc(OC)c1OC)C1CCN(CCc2ccc(F)cc2)CC1. The molecule has 0 radical (unpaired) electrons. The number of rotatable bonds is 15. The molecule has 2 aromatic rings. The highest BCUT2D eigenvalue weighted by molar-refractivity contribution is 5.79. The number of hydrogen-bond acceptors (Lipinski definition) is 4. The van der Waals surface area contributed by atoms with Gasteiger partial charge in [0.1, 0.15) is 11.6 Å². The van der Waals surface area contributed by atoms with Gasteiger partial charge < -0.3 is 14.4 Å². The number of ether oxygens (including phenoxy) is 2. The fourth-order valence-electron chi connectivity index (χ4n) is 5.52. The predicted molar refractivity (Wildman–Crippen MR) is 145 cm³/mol. The molecule has 4 nitrogen and oxygen atoms in total. The zero-order valence-corrected chi connectivity index (χ0v) is 22.4. The molecule has 0 saturated carbocycles. The average molecular weight is 498 g/mol. The van der Waals surface area contributed by atoms with Crippen molar-refractivity contribution in [2.45, 2.75) is 77.0 Å². The van der Waals surface area contributed by atoms with E-state index < -0.39 is 0 Å². The van der Waals surface area contributed by atoms with Crippen LogP contribution in [0, 0.1) is 11.7 Å². The second-order valence-corrected chi connectivity index (χ2v) is 10.2. The van der Waals surface area contributed by atoms with Crippen LogP contribution in [0.2, 0.25) is 0 Å². The van der Waals surface area contributed by atoms with Crippen LogP contribution < -0.4 is 9.47 Å². The number of benzene rings is 2. The molecule has 0 spiro atoms. The van der Waals surface area contributed by atoms with Gasteiger partial charge in [-0.2, -0.15) is 0 Å². The van der Waals surface area contributed by atoms with Gasteiger partial charge in [0.05, 0.1) is 14.2 Å². The second-order valence-electron chi connectivity index (χ2n) is 10.2. The Hall–Kier alpha value is -2.40. The van der Waals surface area contributed by atoms with E-state index in [2.05, 4.69) is 17.9 Å². The Bertz CT molecular complexity index is 922. The van der Waals surface area contributed by atoms with Gasteiger partial charge in [0, 0.05) is 24.9 Å². The summed E-state index contributed by atoms with van der Waals surface area (Å²) in [4.78, 5) is 15.6. The van der Waals surface area contributed by atoms with Crippen LogP contribution in [0.1, 0.15) is 81.8 Å². The van der Waals surface area contributed by atoms with Gasteiger partial charge in [-0.3, -0.25) is 4.79 Å². The lowest BCUT2D eigenvalue weighted by Gasteiger charge is -2.37. The summed E-state index contributed by atoms with van der Waals surface area (Å²) in [7, 11) is 3.35. The Morgan fingerprint density at radius 3 is 2.39 bits per heavy atom. The maximum atomic E-state index is 13.2. The topological polar surface area (TPSA) is 38.8 Å². The first-order valence-corrected chi connectivity index (χ1v) is 13.7. The number of ketones is 1. The largest absolute Gasteiger partial charge is 0.493 e. The number of hydrogen-bond donors (Lipinski definition) is 0. The van der Waals surface area contributed by atoms with Crippen LogP contribution >= 0.6 is 0 Å². The molecular formula is C31H44FNO3. The number of para-hydroxylation sites is 1. The lowest BCUT2D eigenvalue weighted by molar-refractivity contribution is -0.120. The fraction of sp³-hybridized carbons (Fsp3) is 0.581. The number of methoxy groups -OCH3 is 2.